The lowest BCUT2D eigenvalue weighted by Gasteiger charge is -2.55. The van der Waals surface area contributed by atoms with E-state index < -0.39 is 12.1 Å². The van der Waals surface area contributed by atoms with Gasteiger partial charge < -0.3 is 9.84 Å². The number of carboxylic acid groups (broad SMARTS) is 1. The van der Waals surface area contributed by atoms with Crippen LogP contribution in [0, 0.1) is 23.2 Å². The number of esters is 1. The summed E-state index contributed by atoms with van der Waals surface area (Å²) < 4.78 is 5.16. The van der Waals surface area contributed by atoms with Gasteiger partial charge in [-0.3, -0.25) is 4.79 Å². The van der Waals surface area contributed by atoms with E-state index in [1.807, 2.05) is 0 Å². The summed E-state index contributed by atoms with van der Waals surface area (Å²) in [6, 6.07) is 0. The summed E-state index contributed by atoms with van der Waals surface area (Å²) in [5, 5.41) is 8.84. The highest BCUT2D eigenvalue weighted by atomic mass is 16.6. The van der Waals surface area contributed by atoms with Crippen molar-refractivity contribution in [2.75, 3.05) is 0 Å². The van der Waals surface area contributed by atoms with E-state index in [2.05, 4.69) is 0 Å². The van der Waals surface area contributed by atoms with Gasteiger partial charge in [0.1, 0.15) is 0 Å². The van der Waals surface area contributed by atoms with Gasteiger partial charge in [0.15, 0.2) is 6.10 Å². The maximum Gasteiger partial charge on any atom is 0.344 e. The number of carboxylic acids is 1. The summed E-state index contributed by atoms with van der Waals surface area (Å²) in [7, 11) is 0. The number of carbonyl (C=O) groups is 2. The summed E-state index contributed by atoms with van der Waals surface area (Å²) in [6.07, 6.45) is 5.53. The fourth-order valence-corrected chi connectivity index (χ4v) is 4.70. The molecule has 1 N–H and O–H groups in total. The highest BCUT2D eigenvalue weighted by molar-refractivity contribution is 5.81. The van der Waals surface area contributed by atoms with E-state index in [1.165, 1.54) is 26.2 Å². The van der Waals surface area contributed by atoms with E-state index in [0.717, 1.165) is 19.3 Å². The number of aliphatic carboxylic acids is 1. The molecule has 0 radical (unpaired) electrons. The molecule has 1 unspecified atom stereocenters. The number of hydrogen-bond acceptors (Lipinski definition) is 3. The Hall–Kier alpha value is -1.06. The average molecular weight is 252 g/mol. The third-order valence-electron chi connectivity index (χ3n) is 5.10. The summed E-state index contributed by atoms with van der Waals surface area (Å²) in [6.45, 7) is 1.43. The maximum atomic E-state index is 12.3. The van der Waals surface area contributed by atoms with Crippen LogP contribution >= 0.6 is 0 Å². The van der Waals surface area contributed by atoms with Crippen LogP contribution in [0.4, 0.5) is 0 Å². The zero-order valence-corrected chi connectivity index (χ0v) is 10.7. The van der Waals surface area contributed by atoms with E-state index >= 15 is 0 Å². The third kappa shape index (κ3) is 1.82. The van der Waals surface area contributed by atoms with Crippen molar-refractivity contribution in [1.29, 1.82) is 0 Å². The zero-order chi connectivity index (χ0) is 12.9. The highest BCUT2D eigenvalue weighted by Gasteiger charge is 2.55. The van der Waals surface area contributed by atoms with Crippen LogP contribution in [-0.4, -0.2) is 23.1 Å². The lowest BCUT2D eigenvalue weighted by molar-refractivity contribution is -0.182. The molecule has 0 aromatic carbocycles. The minimum Gasteiger partial charge on any atom is -0.479 e. The van der Waals surface area contributed by atoms with Crippen molar-refractivity contribution in [2.45, 2.75) is 51.6 Å². The molecule has 4 bridgehead atoms. The Morgan fingerprint density at radius 3 is 1.94 bits per heavy atom. The highest BCUT2D eigenvalue weighted by Crippen LogP contribution is 2.60. The molecule has 4 saturated carbocycles. The number of carbonyl (C=O) groups excluding carboxylic acids is 1. The first-order valence-electron chi connectivity index (χ1n) is 6.92. The number of ether oxygens (including phenoxy) is 1. The van der Waals surface area contributed by atoms with Crippen molar-refractivity contribution in [3.63, 3.8) is 0 Å². The molecule has 0 aliphatic heterocycles. The molecule has 0 amide bonds. The fourth-order valence-electron chi connectivity index (χ4n) is 4.70. The topological polar surface area (TPSA) is 63.6 Å². The molecule has 100 valence electrons. The van der Waals surface area contributed by atoms with Gasteiger partial charge in [-0.1, -0.05) is 0 Å². The zero-order valence-electron chi connectivity index (χ0n) is 10.7. The van der Waals surface area contributed by atoms with Crippen molar-refractivity contribution in [1.82, 2.24) is 0 Å². The first kappa shape index (κ1) is 12.0. The van der Waals surface area contributed by atoms with E-state index in [0.29, 0.717) is 17.8 Å². The van der Waals surface area contributed by atoms with E-state index in [-0.39, 0.29) is 11.4 Å². The molecule has 0 saturated heterocycles. The molecule has 4 aliphatic rings. The molecule has 4 nitrogen and oxygen atoms in total. The Bertz CT molecular complexity index is 352. The van der Waals surface area contributed by atoms with Gasteiger partial charge in [-0.2, -0.15) is 0 Å². The lowest BCUT2D eigenvalue weighted by atomic mass is 9.49. The predicted octanol–water partition coefficient (Wildman–Crippen LogP) is 2.22. The van der Waals surface area contributed by atoms with Gasteiger partial charge in [0.2, 0.25) is 0 Å². The molecule has 0 spiro atoms. The first-order chi connectivity index (χ1) is 8.48. The van der Waals surface area contributed by atoms with Crippen molar-refractivity contribution in [3.05, 3.63) is 0 Å². The van der Waals surface area contributed by atoms with Crippen LogP contribution in [0.3, 0.4) is 0 Å². The standard InChI is InChI=1S/C14H20O4/c1-8(12(15)16)18-13(17)14-5-9-2-10(6-14)4-11(3-9)7-14/h8-11H,2-7H2,1H3,(H,15,16). The SMILES string of the molecule is CC(OC(=O)C12CC3CC(CC(C3)C1)C2)C(=O)O. The largest absolute Gasteiger partial charge is 0.479 e. The van der Waals surface area contributed by atoms with Gasteiger partial charge in [0.05, 0.1) is 5.41 Å². The summed E-state index contributed by atoms with van der Waals surface area (Å²) >= 11 is 0. The Morgan fingerprint density at radius 2 is 1.56 bits per heavy atom. The van der Waals surface area contributed by atoms with Gasteiger partial charge >= 0.3 is 11.9 Å². The second-order valence-corrected chi connectivity index (χ2v) is 6.58. The second-order valence-electron chi connectivity index (χ2n) is 6.58. The molecule has 4 rings (SSSR count). The van der Waals surface area contributed by atoms with Gasteiger partial charge in [-0.25, -0.2) is 4.79 Å². The lowest BCUT2D eigenvalue weighted by Crippen LogP contribution is -2.51. The van der Waals surface area contributed by atoms with Crippen molar-refractivity contribution >= 4 is 11.9 Å². The van der Waals surface area contributed by atoms with Crippen molar-refractivity contribution in [2.24, 2.45) is 23.2 Å². The summed E-state index contributed by atoms with van der Waals surface area (Å²) in [4.78, 5) is 23.1. The Kier molecular flexibility index (Phi) is 2.65. The van der Waals surface area contributed by atoms with Crippen LogP contribution in [0.15, 0.2) is 0 Å². The van der Waals surface area contributed by atoms with Gasteiger partial charge in [0, 0.05) is 0 Å². The Labute approximate surface area is 107 Å². The van der Waals surface area contributed by atoms with Gasteiger partial charge in [0.25, 0.3) is 0 Å². The van der Waals surface area contributed by atoms with Crippen LogP contribution in [-0.2, 0) is 14.3 Å². The quantitative estimate of drug-likeness (QED) is 0.782. The van der Waals surface area contributed by atoms with Crippen molar-refractivity contribution < 1.29 is 19.4 Å². The van der Waals surface area contributed by atoms with E-state index in [9.17, 15) is 9.59 Å². The minimum atomic E-state index is -1.06. The molecule has 1 atom stereocenters. The minimum absolute atomic E-state index is 0.253. The number of rotatable bonds is 3. The average Bonchev–Trinajstić information content (AvgIpc) is 2.26. The normalized spacial score (nSPS) is 42.6. The van der Waals surface area contributed by atoms with Crippen molar-refractivity contribution in [3.8, 4) is 0 Å². The van der Waals surface area contributed by atoms with Crippen LogP contribution in [0.5, 0.6) is 0 Å². The third-order valence-corrected chi connectivity index (χ3v) is 5.10. The molecule has 4 heteroatoms. The van der Waals surface area contributed by atoms with Crippen LogP contribution in [0.1, 0.15) is 45.4 Å². The summed E-state index contributed by atoms with van der Waals surface area (Å²) in [5.41, 5.74) is -0.349. The molecule has 4 fully saturated rings. The monoisotopic (exact) mass is 252 g/mol. The van der Waals surface area contributed by atoms with E-state index in [4.69, 9.17) is 9.84 Å². The van der Waals surface area contributed by atoms with Crippen LogP contribution < -0.4 is 0 Å². The molecule has 18 heavy (non-hydrogen) atoms. The van der Waals surface area contributed by atoms with E-state index in [1.54, 1.807) is 0 Å². The predicted molar refractivity (Wildman–Crippen MR) is 63.8 cm³/mol. The molecule has 0 aromatic heterocycles. The Balaban J connectivity index is 1.75. The first-order valence-corrected chi connectivity index (χ1v) is 6.92. The van der Waals surface area contributed by atoms with Crippen LogP contribution in [0.25, 0.3) is 0 Å². The number of hydrogen-bond donors (Lipinski definition) is 1. The van der Waals surface area contributed by atoms with Crippen LogP contribution in [0.2, 0.25) is 0 Å². The molecule has 4 aliphatic carbocycles. The van der Waals surface area contributed by atoms with Gasteiger partial charge in [-0.05, 0) is 63.2 Å². The molecular formula is C14H20O4. The fraction of sp³-hybridized carbons (Fsp3) is 0.857. The summed E-state index contributed by atoms with van der Waals surface area (Å²) in [5.74, 6) is 0.696. The Morgan fingerprint density at radius 1 is 1.11 bits per heavy atom. The maximum absolute atomic E-state index is 12.3. The molecular weight excluding hydrogens is 232 g/mol. The second kappa shape index (κ2) is 3.97. The van der Waals surface area contributed by atoms with Gasteiger partial charge in [-0.15, -0.1) is 0 Å². The molecule has 0 heterocycles. The molecule has 0 aromatic rings. The smallest absolute Gasteiger partial charge is 0.344 e.